The van der Waals surface area contributed by atoms with Gasteiger partial charge in [-0.2, -0.15) is 0 Å². The van der Waals surface area contributed by atoms with Gasteiger partial charge in [0.25, 0.3) is 5.91 Å². The van der Waals surface area contributed by atoms with Crippen molar-refractivity contribution in [1.82, 2.24) is 4.90 Å². The van der Waals surface area contributed by atoms with Crippen LogP contribution in [0.1, 0.15) is 16.7 Å². The first-order valence-corrected chi connectivity index (χ1v) is 10.9. The second-order valence-electron chi connectivity index (χ2n) is 6.39. The number of halogens is 1. The Hall–Kier alpha value is -2.09. The molecule has 2 aromatic rings. The van der Waals surface area contributed by atoms with Crippen LogP contribution in [0.5, 0.6) is 11.5 Å². The predicted molar refractivity (Wildman–Crippen MR) is 126 cm³/mol. The lowest BCUT2D eigenvalue weighted by molar-refractivity contribution is -0.121. The van der Waals surface area contributed by atoms with Gasteiger partial charge in [0.1, 0.15) is 10.9 Å². The molecule has 0 saturated carbocycles. The van der Waals surface area contributed by atoms with Crippen molar-refractivity contribution in [1.29, 1.82) is 0 Å². The van der Waals surface area contributed by atoms with Crippen LogP contribution in [-0.2, 0) is 11.4 Å². The van der Waals surface area contributed by atoms with Crippen molar-refractivity contribution in [3.8, 4) is 11.5 Å². The van der Waals surface area contributed by atoms with Crippen LogP contribution >= 0.6 is 39.9 Å². The van der Waals surface area contributed by atoms with E-state index < -0.39 is 0 Å². The summed E-state index contributed by atoms with van der Waals surface area (Å²) in [6.45, 7) is 6.55. The predicted octanol–water partition coefficient (Wildman–Crippen LogP) is 5.73. The summed E-state index contributed by atoms with van der Waals surface area (Å²) in [5, 5.41) is 0. The van der Waals surface area contributed by atoms with E-state index >= 15 is 0 Å². The molecular formula is C22H20BrNO3S2. The highest BCUT2D eigenvalue weighted by Crippen LogP contribution is 2.39. The molecule has 0 aliphatic carbocycles. The van der Waals surface area contributed by atoms with Gasteiger partial charge in [0.05, 0.1) is 16.5 Å². The molecule has 1 saturated heterocycles. The SMILES string of the molecule is C=CCN1C(=O)/C(=C\c2cc(Br)c(OCc3ccc(C)cc3)c(OC)c2)SC1=S. The Morgan fingerprint density at radius 2 is 2.00 bits per heavy atom. The van der Waals surface area contributed by atoms with Gasteiger partial charge in [-0.25, -0.2) is 0 Å². The number of hydrogen-bond acceptors (Lipinski definition) is 5. The van der Waals surface area contributed by atoms with Crippen LogP contribution < -0.4 is 9.47 Å². The van der Waals surface area contributed by atoms with E-state index in [0.717, 1.165) is 15.6 Å². The van der Waals surface area contributed by atoms with Crippen molar-refractivity contribution >= 4 is 56.2 Å². The number of nitrogens with zero attached hydrogens (tertiary/aromatic N) is 1. The van der Waals surface area contributed by atoms with Gasteiger partial charge in [0, 0.05) is 6.54 Å². The highest BCUT2D eigenvalue weighted by molar-refractivity contribution is 9.10. The molecule has 4 nitrogen and oxygen atoms in total. The number of ether oxygens (including phenoxy) is 2. The fourth-order valence-corrected chi connectivity index (χ4v) is 4.59. The van der Waals surface area contributed by atoms with Crippen molar-refractivity contribution in [2.75, 3.05) is 13.7 Å². The van der Waals surface area contributed by atoms with E-state index in [1.807, 2.05) is 31.2 Å². The molecule has 1 fully saturated rings. The molecule has 0 N–H and O–H groups in total. The lowest BCUT2D eigenvalue weighted by Crippen LogP contribution is -2.27. The molecule has 29 heavy (non-hydrogen) atoms. The van der Waals surface area contributed by atoms with Gasteiger partial charge in [-0.3, -0.25) is 9.69 Å². The molecule has 0 bridgehead atoms. The van der Waals surface area contributed by atoms with Crippen LogP contribution in [0, 0.1) is 6.92 Å². The molecule has 7 heteroatoms. The Bertz CT molecular complexity index is 986. The molecule has 0 spiro atoms. The molecule has 150 valence electrons. The summed E-state index contributed by atoms with van der Waals surface area (Å²) in [5.41, 5.74) is 3.09. The monoisotopic (exact) mass is 489 g/mol. The molecule has 1 heterocycles. The maximum absolute atomic E-state index is 12.5. The minimum atomic E-state index is -0.116. The number of amides is 1. The van der Waals surface area contributed by atoms with Crippen molar-refractivity contribution < 1.29 is 14.3 Å². The van der Waals surface area contributed by atoms with Gasteiger partial charge in [-0.15, -0.1) is 6.58 Å². The van der Waals surface area contributed by atoms with Crippen LogP contribution in [0.25, 0.3) is 6.08 Å². The first kappa shape index (κ1) is 21.6. The third kappa shape index (κ3) is 5.10. The summed E-state index contributed by atoms with van der Waals surface area (Å²) in [6.07, 6.45) is 3.47. The van der Waals surface area contributed by atoms with Gasteiger partial charge < -0.3 is 9.47 Å². The van der Waals surface area contributed by atoms with E-state index in [4.69, 9.17) is 21.7 Å². The first-order chi connectivity index (χ1) is 13.9. The van der Waals surface area contributed by atoms with Crippen molar-refractivity contribution in [3.63, 3.8) is 0 Å². The lowest BCUT2D eigenvalue weighted by Gasteiger charge is -2.14. The number of aryl methyl sites for hydroxylation is 1. The van der Waals surface area contributed by atoms with Crippen LogP contribution in [-0.4, -0.2) is 28.8 Å². The fraction of sp³-hybridized carbons (Fsp3) is 0.182. The Labute approximate surface area is 188 Å². The molecule has 0 aromatic heterocycles. The highest BCUT2D eigenvalue weighted by Gasteiger charge is 2.31. The maximum Gasteiger partial charge on any atom is 0.266 e. The third-order valence-electron chi connectivity index (χ3n) is 4.24. The minimum absolute atomic E-state index is 0.116. The number of hydrogen-bond donors (Lipinski definition) is 0. The summed E-state index contributed by atoms with van der Waals surface area (Å²) in [5.74, 6) is 1.08. The topological polar surface area (TPSA) is 38.8 Å². The zero-order chi connectivity index (χ0) is 21.0. The molecule has 0 unspecified atom stereocenters. The molecule has 1 aliphatic rings. The second-order valence-corrected chi connectivity index (χ2v) is 8.92. The lowest BCUT2D eigenvalue weighted by atomic mass is 10.1. The summed E-state index contributed by atoms with van der Waals surface area (Å²) >= 11 is 10.1. The van der Waals surface area contributed by atoms with Crippen molar-refractivity contribution in [2.24, 2.45) is 0 Å². The normalized spacial score (nSPS) is 15.1. The quantitative estimate of drug-likeness (QED) is 0.282. The molecule has 0 atom stereocenters. The van der Waals surface area contributed by atoms with Crippen LogP contribution in [0.2, 0.25) is 0 Å². The number of carbonyl (C=O) groups excluding carboxylic acids is 1. The van der Waals surface area contributed by atoms with Crippen LogP contribution in [0.15, 0.2) is 58.4 Å². The van der Waals surface area contributed by atoms with Crippen LogP contribution in [0.4, 0.5) is 0 Å². The molecule has 2 aromatic carbocycles. The van der Waals surface area contributed by atoms with Crippen molar-refractivity contribution in [2.45, 2.75) is 13.5 Å². The number of methoxy groups -OCH3 is 1. The van der Waals surface area contributed by atoms with Gasteiger partial charge in [-0.05, 0) is 52.2 Å². The summed E-state index contributed by atoms with van der Waals surface area (Å²) in [6, 6.07) is 11.9. The maximum atomic E-state index is 12.5. The molecular weight excluding hydrogens is 470 g/mol. The summed E-state index contributed by atoms with van der Waals surface area (Å²) in [7, 11) is 1.59. The Balaban J connectivity index is 1.83. The Morgan fingerprint density at radius 3 is 2.66 bits per heavy atom. The van der Waals surface area contributed by atoms with Crippen molar-refractivity contribution in [3.05, 3.63) is 75.1 Å². The molecule has 1 aliphatic heterocycles. The Kier molecular flexibility index (Phi) is 7.16. The minimum Gasteiger partial charge on any atom is -0.493 e. The van der Waals surface area contributed by atoms with E-state index in [2.05, 4.69) is 34.6 Å². The summed E-state index contributed by atoms with van der Waals surface area (Å²) < 4.78 is 12.8. The summed E-state index contributed by atoms with van der Waals surface area (Å²) in [4.78, 5) is 14.6. The van der Waals surface area contributed by atoms with Gasteiger partial charge in [0.15, 0.2) is 11.5 Å². The van der Waals surface area contributed by atoms with Gasteiger partial charge >= 0.3 is 0 Å². The zero-order valence-electron chi connectivity index (χ0n) is 16.1. The number of rotatable bonds is 7. The number of thioether (sulfide) groups is 1. The Morgan fingerprint density at radius 1 is 1.28 bits per heavy atom. The average Bonchev–Trinajstić information content (AvgIpc) is 2.96. The van der Waals surface area contributed by atoms with E-state index in [0.29, 0.717) is 33.9 Å². The second kappa shape index (κ2) is 9.61. The molecule has 0 radical (unpaired) electrons. The smallest absolute Gasteiger partial charge is 0.266 e. The molecule has 1 amide bonds. The average molecular weight is 490 g/mol. The van der Waals surface area contributed by atoms with Crippen LogP contribution in [0.3, 0.4) is 0 Å². The van der Waals surface area contributed by atoms with Gasteiger partial charge in [0.2, 0.25) is 0 Å². The fourth-order valence-electron chi connectivity index (χ4n) is 2.74. The zero-order valence-corrected chi connectivity index (χ0v) is 19.3. The number of carbonyl (C=O) groups is 1. The van der Waals surface area contributed by atoms with E-state index in [1.54, 1.807) is 19.3 Å². The first-order valence-electron chi connectivity index (χ1n) is 8.85. The third-order valence-corrected chi connectivity index (χ3v) is 6.21. The highest BCUT2D eigenvalue weighted by atomic mass is 79.9. The number of benzene rings is 2. The number of thiocarbonyl (C=S) groups is 1. The van der Waals surface area contributed by atoms with E-state index in [9.17, 15) is 4.79 Å². The van der Waals surface area contributed by atoms with Gasteiger partial charge in [-0.1, -0.05) is 59.9 Å². The largest absolute Gasteiger partial charge is 0.493 e. The standard InChI is InChI=1S/C22H20BrNO3S2/c1-4-9-24-21(25)19(29-22(24)28)12-16-10-17(23)20(18(11-16)26-3)27-13-15-7-5-14(2)6-8-15/h4-8,10-12H,1,9,13H2,2-3H3/b19-12+. The van der Waals surface area contributed by atoms with E-state index in [1.165, 1.54) is 22.2 Å². The molecule has 3 rings (SSSR count). The van der Waals surface area contributed by atoms with E-state index in [-0.39, 0.29) is 5.91 Å².